The summed E-state index contributed by atoms with van der Waals surface area (Å²) in [4.78, 5) is 11.5. The van der Waals surface area contributed by atoms with E-state index in [1.54, 1.807) is 0 Å². The summed E-state index contributed by atoms with van der Waals surface area (Å²) in [6.45, 7) is 0. The minimum atomic E-state index is -0.142. The van der Waals surface area contributed by atoms with Crippen molar-refractivity contribution in [2.75, 3.05) is 0 Å². The first-order valence-electron chi connectivity index (χ1n) is 12.1. The first-order valence-corrected chi connectivity index (χ1v) is 12.1. The average molecular weight is 430 g/mol. The second-order valence-electron chi connectivity index (χ2n) is 9.62. The van der Waals surface area contributed by atoms with Crippen molar-refractivity contribution >= 4 is 32.7 Å². The van der Waals surface area contributed by atoms with E-state index in [0.29, 0.717) is 5.92 Å². The summed E-state index contributed by atoms with van der Waals surface area (Å²) >= 11 is 0. The minimum absolute atomic E-state index is 0.142. The van der Waals surface area contributed by atoms with Gasteiger partial charge in [0.2, 0.25) is 0 Å². The van der Waals surface area contributed by atoms with Crippen molar-refractivity contribution in [1.82, 2.24) is 15.0 Å². The van der Waals surface area contributed by atoms with Crippen LogP contribution in [0.5, 0.6) is 0 Å². The molecule has 0 saturated heterocycles. The monoisotopic (exact) mass is 429 g/mol. The third-order valence-electron chi connectivity index (χ3n) is 7.86. The van der Waals surface area contributed by atoms with E-state index >= 15 is 0 Å². The summed E-state index contributed by atoms with van der Waals surface area (Å²) in [6, 6.07) is 33.1. The Morgan fingerprint density at radius 3 is 1.64 bits per heavy atom. The number of benzene rings is 3. The number of hydrogen-bond acceptors (Lipinski definition) is 0. The van der Waals surface area contributed by atoms with Crippen molar-refractivity contribution in [2.45, 2.75) is 37.0 Å². The molecule has 3 aromatic carbocycles. The molecule has 3 aromatic heterocycles. The van der Waals surface area contributed by atoms with Gasteiger partial charge in [-0.2, -0.15) is 0 Å². The van der Waals surface area contributed by atoms with E-state index in [-0.39, 0.29) is 5.41 Å². The number of H-pyrrole nitrogens is 3. The molecule has 1 unspecified atom stereocenters. The Kier molecular flexibility index (Phi) is 4.07. The van der Waals surface area contributed by atoms with Gasteiger partial charge in [-0.25, -0.2) is 0 Å². The Morgan fingerprint density at radius 1 is 0.576 bits per heavy atom. The van der Waals surface area contributed by atoms with Crippen LogP contribution in [0.1, 0.15) is 48.7 Å². The number of fused-ring (bicyclic) bond motifs is 3. The van der Waals surface area contributed by atoms with Gasteiger partial charge in [-0.15, -0.1) is 0 Å². The van der Waals surface area contributed by atoms with Gasteiger partial charge < -0.3 is 15.0 Å². The van der Waals surface area contributed by atoms with Gasteiger partial charge in [0.25, 0.3) is 0 Å². The van der Waals surface area contributed by atoms with Crippen molar-refractivity contribution in [3.8, 4) is 0 Å². The first-order chi connectivity index (χ1) is 16.3. The Morgan fingerprint density at radius 2 is 1.09 bits per heavy atom. The molecule has 1 fully saturated rings. The van der Waals surface area contributed by atoms with Gasteiger partial charge in [0.05, 0.1) is 5.41 Å². The number of rotatable bonds is 3. The molecule has 0 spiro atoms. The van der Waals surface area contributed by atoms with Crippen LogP contribution in [-0.2, 0) is 5.41 Å². The van der Waals surface area contributed by atoms with E-state index in [9.17, 15) is 0 Å². The predicted molar refractivity (Wildman–Crippen MR) is 137 cm³/mol. The van der Waals surface area contributed by atoms with Gasteiger partial charge in [0.15, 0.2) is 0 Å². The van der Waals surface area contributed by atoms with Crippen molar-refractivity contribution in [1.29, 1.82) is 0 Å². The number of aromatic nitrogens is 3. The molecular formula is C30H27N3. The lowest BCUT2D eigenvalue weighted by atomic mass is 9.61. The molecule has 0 aliphatic heterocycles. The Balaban J connectivity index is 1.51. The zero-order valence-corrected chi connectivity index (χ0v) is 18.6. The fourth-order valence-electron chi connectivity index (χ4n) is 6.29. The molecule has 0 amide bonds. The lowest BCUT2D eigenvalue weighted by Crippen LogP contribution is -2.38. The number of nitrogens with one attached hydrogen (secondary N) is 3. The van der Waals surface area contributed by atoms with Crippen LogP contribution < -0.4 is 0 Å². The Labute approximate surface area is 192 Å². The predicted octanol–water partition coefficient (Wildman–Crippen LogP) is 7.77. The molecule has 7 rings (SSSR count). The Bertz CT molecular complexity index is 1420. The molecule has 0 radical (unpaired) electrons. The van der Waals surface area contributed by atoms with E-state index in [1.165, 1.54) is 62.6 Å². The van der Waals surface area contributed by atoms with Crippen LogP contribution in [0, 0.1) is 0 Å². The molecule has 1 aliphatic carbocycles. The fraction of sp³-hybridized carbons (Fsp3) is 0.200. The van der Waals surface area contributed by atoms with Crippen LogP contribution in [0.15, 0.2) is 91.0 Å². The second-order valence-corrected chi connectivity index (χ2v) is 9.62. The van der Waals surface area contributed by atoms with E-state index in [0.717, 1.165) is 12.8 Å². The van der Waals surface area contributed by atoms with Crippen LogP contribution in [0.25, 0.3) is 32.7 Å². The van der Waals surface area contributed by atoms with E-state index in [2.05, 4.69) is 106 Å². The fourth-order valence-corrected chi connectivity index (χ4v) is 6.29. The summed E-state index contributed by atoms with van der Waals surface area (Å²) in [5.74, 6) is 0.361. The molecule has 162 valence electrons. The maximum atomic E-state index is 3.85. The van der Waals surface area contributed by atoms with Crippen molar-refractivity contribution in [3.63, 3.8) is 0 Å². The van der Waals surface area contributed by atoms with Crippen molar-refractivity contribution in [3.05, 3.63) is 108 Å². The summed E-state index contributed by atoms with van der Waals surface area (Å²) in [5, 5.41) is 3.85. The topological polar surface area (TPSA) is 47.4 Å². The highest BCUT2D eigenvalue weighted by Crippen LogP contribution is 2.53. The van der Waals surface area contributed by atoms with Gasteiger partial charge in [0.1, 0.15) is 0 Å². The van der Waals surface area contributed by atoms with Gasteiger partial charge in [-0.3, -0.25) is 0 Å². The van der Waals surface area contributed by atoms with Crippen LogP contribution in [0.3, 0.4) is 0 Å². The van der Waals surface area contributed by atoms with Crippen LogP contribution in [-0.4, -0.2) is 15.0 Å². The first kappa shape index (κ1) is 18.8. The van der Waals surface area contributed by atoms with Crippen LogP contribution in [0.2, 0.25) is 0 Å². The largest absolute Gasteiger partial charge is 0.358 e. The normalized spacial score (nSPS) is 18.4. The molecule has 3 N–H and O–H groups in total. The number of para-hydroxylation sites is 3. The zero-order valence-electron chi connectivity index (χ0n) is 18.6. The molecule has 0 bridgehead atoms. The molecule has 3 heterocycles. The minimum Gasteiger partial charge on any atom is -0.358 e. The maximum absolute atomic E-state index is 3.85. The summed E-state index contributed by atoms with van der Waals surface area (Å²) in [7, 11) is 0. The number of aromatic amines is 3. The molecule has 33 heavy (non-hydrogen) atoms. The highest BCUT2D eigenvalue weighted by Gasteiger charge is 2.47. The van der Waals surface area contributed by atoms with Crippen molar-refractivity contribution < 1.29 is 0 Å². The van der Waals surface area contributed by atoms with E-state index in [4.69, 9.17) is 0 Å². The molecule has 1 saturated carbocycles. The molecule has 1 atom stereocenters. The molecule has 3 nitrogen and oxygen atoms in total. The van der Waals surface area contributed by atoms with Gasteiger partial charge in [-0.05, 0) is 65.4 Å². The summed E-state index contributed by atoms with van der Waals surface area (Å²) in [6.07, 6.45) is 4.76. The highest BCUT2D eigenvalue weighted by atomic mass is 14.8. The molecular weight excluding hydrogens is 402 g/mol. The van der Waals surface area contributed by atoms with E-state index in [1.807, 2.05) is 0 Å². The van der Waals surface area contributed by atoms with Crippen LogP contribution >= 0.6 is 0 Å². The summed E-state index contributed by atoms with van der Waals surface area (Å²) in [5.41, 5.74) is 7.48. The average Bonchev–Trinajstić information content (AvgIpc) is 3.60. The second kappa shape index (κ2) is 7.14. The SMILES string of the molecule is c1ccc2[nH]c(C3CCCCC3(c3cc4ccccc4[nH]3)c3cc4ccccc4[nH]3)cc2c1. The molecule has 6 aromatic rings. The third kappa shape index (κ3) is 2.82. The van der Waals surface area contributed by atoms with Gasteiger partial charge in [0, 0.05) is 39.5 Å². The van der Waals surface area contributed by atoms with Crippen molar-refractivity contribution in [2.24, 2.45) is 0 Å². The van der Waals surface area contributed by atoms with Gasteiger partial charge in [-0.1, -0.05) is 67.4 Å². The zero-order chi connectivity index (χ0) is 21.8. The summed E-state index contributed by atoms with van der Waals surface area (Å²) < 4.78 is 0. The van der Waals surface area contributed by atoms with E-state index < -0.39 is 0 Å². The van der Waals surface area contributed by atoms with Gasteiger partial charge >= 0.3 is 0 Å². The maximum Gasteiger partial charge on any atom is 0.0586 e. The third-order valence-corrected chi connectivity index (χ3v) is 7.86. The number of hydrogen-bond donors (Lipinski definition) is 3. The Hall–Kier alpha value is -3.72. The molecule has 3 heteroatoms. The lowest BCUT2D eigenvalue weighted by Gasteiger charge is -2.43. The lowest BCUT2D eigenvalue weighted by molar-refractivity contribution is 0.281. The smallest absolute Gasteiger partial charge is 0.0586 e. The standard InChI is InChI=1S/C30H27N3/c1-4-13-24-20(9-1)17-27(31-24)23-12-7-8-16-30(23,28-18-21-10-2-5-14-25(21)32-28)29-19-22-11-3-6-15-26(22)33-29/h1-6,9-11,13-15,17-19,23,31-33H,7-8,12,16H2. The van der Waals surface area contributed by atoms with Crippen LogP contribution in [0.4, 0.5) is 0 Å². The quantitative estimate of drug-likeness (QED) is 0.257. The highest BCUT2D eigenvalue weighted by molar-refractivity contribution is 5.84. The molecule has 1 aliphatic rings.